The van der Waals surface area contributed by atoms with E-state index in [9.17, 15) is 8.42 Å². The van der Waals surface area contributed by atoms with Gasteiger partial charge in [-0.05, 0) is 30.0 Å². The van der Waals surface area contributed by atoms with E-state index >= 15 is 0 Å². The predicted molar refractivity (Wildman–Crippen MR) is 78.4 cm³/mol. The van der Waals surface area contributed by atoms with E-state index in [0.717, 1.165) is 30.4 Å². The Morgan fingerprint density at radius 3 is 2.53 bits per heavy atom. The lowest BCUT2D eigenvalue weighted by Crippen LogP contribution is -2.26. The summed E-state index contributed by atoms with van der Waals surface area (Å²) in [5.74, 6) is 0. The fourth-order valence-electron chi connectivity index (χ4n) is 1.93. The van der Waals surface area contributed by atoms with E-state index in [4.69, 9.17) is 5.73 Å². The van der Waals surface area contributed by atoms with Crippen LogP contribution in [0.3, 0.4) is 0 Å². The molecule has 1 aromatic rings. The molecule has 1 aromatic carbocycles. The van der Waals surface area contributed by atoms with Crippen molar-refractivity contribution in [2.75, 3.05) is 6.54 Å². The van der Waals surface area contributed by atoms with E-state index in [1.54, 1.807) is 6.07 Å². The second-order valence-electron chi connectivity index (χ2n) is 4.60. The van der Waals surface area contributed by atoms with Gasteiger partial charge in [0.25, 0.3) is 0 Å². The molecule has 0 saturated heterocycles. The third kappa shape index (κ3) is 4.60. The molecule has 0 fully saturated rings. The lowest BCUT2D eigenvalue weighted by molar-refractivity contribution is 0.574. The normalized spacial score (nSPS) is 11.7. The van der Waals surface area contributed by atoms with Gasteiger partial charge in [0.05, 0.1) is 4.90 Å². The third-order valence-corrected chi connectivity index (χ3v) is 4.65. The zero-order valence-corrected chi connectivity index (χ0v) is 12.6. The summed E-state index contributed by atoms with van der Waals surface area (Å²) in [4.78, 5) is 0.370. The summed E-state index contributed by atoms with van der Waals surface area (Å²) in [6, 6.07) is 5.42. The maximum absolute atomic E-state index is 12.3. The van der Waals surface area contributed by atoms with Crippen LogP contribution in [0, 0.1) is 0 Å². The first-order valence-corrected chi connectivity index (χ1v) is 8.35. The van der Waals surface area contributed by atoms with Gasteiger partial charge in [-0.2, -0.15) is 0 Å². The topological polar surface area (TPSA) is 72.2 Å². The molecule has 0 unspecified atom stereocenters. The van der Waals surface area contributed by atoms with Gasteiger partial charge >= 0.3 is 0 Å². The molecule has 19 heavy (non-hydrogen) atoms. The predicted octanol–water partition coefficient (Wildman–Crippen LogP) is 2.18. The summed E-state index contributed by atoms with van der Waals surface area (Å²) in [6.07, 6.45) is 3.67. The van der Waals surface area contributed by atoms with Gasteiger partial charge in [0.1, 0.15) is 0 Å². The maximum atomic E-state index is 12.3. The molecule has 0 spiro atoms. The van der Waals surface area contributed by atoms with Crippen LogP contribution in [0.2, 0.25) is 0 Å². The molecule has 0 aliphatic carbocycles. The molecular formula is C14H24N2O2S. The van der Waals surface area contributed by atoms with Gasteiger partial charge in [-0.15, -0.1) is 0 Å². The minimum atomic E-state index is -3.42. The number of hydrogen-bond acceptors (Lipinski definition) is 3. The molecule has 5 heteroatoms. The van der Waals surface area contributed by atoms with Gasteiger partial charge < -0.3 is 5.73 Å². The Hall–Kier alpha value is -0.910. The van der Waals surface area contributed by atoms with Gasteiger partial charge in [0.15, 0.2) is 0 Å². The molecule has 4 nitrogen and oxygen atoms in total. The molecule has 0 aliphatic rings. The SMILES string of the molecule is CCCCCNS(=O)(=O)c1cc(CN)ccc1CC. The molecule has 3 N–H and O–H groups in total. The van der Waals surface area contributed by atoms with E-state index in [2.05, 4.69) is 11.6 Å². The molecule has 0 bridgehead atoms. The fourth-order valence-corrected chi connectivity index (χ4v) is 3.36. The molecule has 0 radical (unpaired) electrons. The van der Waals surface area contributed by atoms with Crippen molar-refractivity contribution in [1.29, 1.82) is 0 Å². The van der Waals surface area contributed by atoms with E-state index < -0.39 is 10.0 Å². The smallest absolute Gasteiger partial charge is 0.240 e. The monoisotopic (exact) mass is 284 g/mol. The van der Waals surface area contributed by atoms with Gasteiger partial charge in [-0.1, -0.05) is 38.8 Å². The number of nitrogens with one attached hydrogen (secondary N) is 1. The van der Waals surface area contributed by atoms with Crippen molar-refractivity contribution in [3.63, 3.8) is 0 Å². The zero-order valence-electron chi connectivity index (χ0n) is 11.8. The van der Waals surface area contributed by atoms with E-state index in [-0.39, 0.29) is 0 Å². The first-order chi connectivity index (χ1) is 9.05. The van der Waals surface area contributed by atoms with Gasteiger partial charge in [-0.3, -0.25) is 0 Å². The second kappa shape index (κ2) is 7.62. The van der Waals surface area contributed by atoms with Crippen molar-refractivity contribution >= 4 is 10.0 Å². The number of benzene rings is 1. The van der Waals surface area contributed by atoms with Gasteiger partial charge in [0, 0.05) is 13.1 Å². The number of hydrogen-bond donors (Lipinski definition) is 2. The third-order valence-electron chi connectivity index (χ3n) is 3.11. The number of nitrogens with two attached hydrogens (primary N) is 1. The van der Waals surface area contributed by atoms with Crippen LogP contribution in [0.5, 0.6) is 0 Å². The van der Waals surface area contributed by atoms with Crippen molar-refractivity contribution in [3.8, 4) is 0 Å². The molecular weight excluding hydrogens is 260 g/mol. The van der Waals surface area contributed by atoms with Crippen molar-refractivity contribution in [2.45, 2.75) is 51.0 Å². The van der Waals surface area contributed by atoms with E-state index in [0.29, 0.717) is 24.4 Å². The van der Waals surface area contributed by atoms with Crippen LogP contribution in [0.25, 0.3) is 0 Å². The highest BCUT2D eigenvalue weighted by atomic mass is 32.2. The molecule has 1 rings (SSSR count). The second-order valence-corrected chi connectivity index (χ2v) is 6.34. The minimum Gasteiger partial charge on any atom is -0.326 e. The fraction of sp³-hybridized carbons (Fsp3) is 0.571. The quantitative estimate of drug-likeness (QED) is 0.719. The molecule has 0 aliphatic heterocycles. The molecule has 0 atom stereocenters. The van der Waals surface area contributed by atoms with Crippen LogP contribution >= 0.6 is 0 Å². The van der Waals surface area contributed by atoms with Crippen molar-refractivity contribution in [2.24, 2.45) is 5.73 Å². The van der Waals surface area contributed by atoms with Crippen LogP contribution in [0.4, 0.5) is 0 Å². The van der Waals surface area contributed by atoms with E-state index in [1.165, 1.54) is 0 Å². The van der Waals surface area contributed by atoms with Crippen LogP contribution in [-0.2, 0) is 23.0 Å². The number of sulfonamides is 1. The summed E-state index contributed by atoms with van der Waals surface area (Å²) in [7, 11) is -3.42. The molecule has 0 heterocycles. The van der Waals surface area contributed by atoms with Crippen molar-refractivity contribution < 1.29 is 8.42 Å². The summed E-state index contributed by atoms with van der Waals surface area (Å²) in [5, 5.41) is 0. The maximum Gasteiger partial charge on any atom is 0.240 e. The lowest BCUT2D eigenvalue weighted by Gasteiger charge is -2.12. The molecule has 0 aromatic heterocycles. The zero-order chi connectivity index (χ0) is 14.3. The standard InChI is InChI=1S/C14H24N2O2S/c1-3-5-6-9-16-19(17,18)14-10-12(11-15)7-8-13(14)4-2/h7-8,10,16H,3-6,9,11,15H2,1-2H3. The van der Waals surface area contributed by atoms with Gasteiger partial charge in [0.2, 0.25) is 10.0 Å². The summed E-state index contributed by atoms with van der Waals surface area (Å²) in [5.41, 5.74) is 7.25. The Labute approximate surface area is 116 Å². The first kappa shape index (κ1) is 16.1. The number of rotatable bonds is 8. The van der Waals surface area contributed by atoms with Gasteiger partial charge in [-0.25, -0.2) is 13.1 Å². The average Bonchev–Trinajstić information content (AvgIpc) is 2.43. The van der Waals surface area contributed by atoms with Crippen molar-refractivity contribution in [1.82, 2.24) is 4.72 Å². The summed E-state index contributed by atoms with van der Waals surface area (Å²) < 4.78 is 27.3. The summed E-state index contributed by atoms with van der Waals surface area (Å²) in [6.45, 7) is 4.89. The highest BCUT2D eigenvalue weighted by Crippen LogP contribution is 2.18. The average molecular weight is 284 g/mol. The van der Waals surface area contributed by atoms with Crippen LogP contribution < -0.4 is 10.5 Å². The Morgan fingerprint density at radius 2 is 1.95 bits per heavy atom. The Balaban J connectivity index is 2.92. The molecule has 0 saturated carbocycles. The largest absolute Gasteiger partial charge is 0.326 e. The highest BCUT2D eigenvalue weighted by Gasteiger charge is 2.17. The first-order valence-electron chi connectivity index (χ1n) is 6.86. The molecule has 0 amide bonds. The number of unbranched alkanes of at least 4 members (excludes halogenated alkanes) is 2. The Kier molecular flexibility index (Phi) is 6.48. The van der Waals surface area contributed by atoms with Crippen LogP contribution in [0.15, 0.2) is 23.1 Å². The summed E-state index contributed by atoms with van der Waals surface area (Å²) >= 11 is 0. The Bertz CT molecular complexity index is 498. The minimum absolute atomic E-state index is 0.350. The lowest BCUT2D eigenvalue weighted by atomic mass is 10.1. The van der Waals surface area contributed by atoms with Crippen molar-refractivity contribution in [3.05, 3.63) is 29.3 Å². The number of aryl methyl sites for hydroxylation is 1. The van der Waals surface area contributed by atoms with Crippen LogP contribution in [0.1, 0.15) is 44.2 Å². The van der Waals surface area contributed by atoms with Crippen LogP contribution in [-0.4, -0.2) is 15.0 Å². The van der Waals surface area contributed by atoms with E-state index in [1.807, 2.05) is 19.1 Å². The Morgan fingerprint density at radius 1 is 1.21 bits per heavy atom. The highest BCUT2D eigenvalue weighted by molar-refractivity contribution is 7.89. The molecule has 108 valence electrons.